The second-order valence-electron chi connectivity index (χ2n) is 6.50. The molecule has 0 N–H and O–H groups in total. The third-order valence-corrected chi connectivity index (χ3v) is 4.19. The van der Waals surface area contributed by atoms with E-state index in [4.69, 9.17) is 4.74 Å². The molecule has 1 aromatic carbocycles. The van der Waals surface area contributed by atoms with Crippen LogP contribution in [0.3, 0.4) is 0 Å². The van der Waals surface area contributed by atoms with Gasteiger partial charge < -0.3 is 4.74 Å². The van der Waals surface area contributed by atoms with Gasteiger partial charge in [-0.15, -0.1) is 0 Å². The van der Waals surface area contributed by atoms with Crippen LogP contribution in [-0.4, -0.2) is 6.10 Å². The van der Waals surface area contributed by atoms with Gasteiger partial charge in [-0.1, -0.05) is 88.4 Å². The summed E-state index contributed by atoms with van der Waals surface area (Å²) in [6, 6.07) is 10.5. The molecule has 0 aliphatic carbocycles. The van der Waals surface area contributed by atoms with Crippen LogP contribution in [0.4, 0.5) is 0 Å². The van der Waals surface area contributed by atoms with Crippen LogP contribution in [0.15, 0.2) is 43.0 Å². The number of unbranched alkanes of at least 4 members (excludes halogenated alkanes) is 6. The molecule has 1 nitrogen and oxygen atoms in total. The number of hydrogen-bond donors (Lipinski definition) is 0. The van der Waals surface area contributed by atoms with Crippen molar-refractivity contribution >= 4 is 0 Å². The fourth-order valence-electron chi connectivity index (χ4n) is 3.02. The molecule has 0 bridgehead atoms. The minimum absolute atomic E-state index is 0.197. The minimum Gasteiger partial charge on any atom is -0.364 e. The van der Waals surface area contributed by atoms with Crippen LogP contribution in [0.2, 0.25) is 0 Å². The van der Waals surface area contributed by atoms with Crippen LogP contribution in [-0.2, 0) is 10.3 Å². The summed E-state index contributed by atoms with van der Waals surface area (Å²) >= 11 is 0. The van der Waals surface area contributed by atoms with Gasteiger partial charge in [0.25, 0.3) is 0 Å². The molecule has 0 saturated heterocycles. The van der Waals surface area contributed by atoms with Crippen molar-refractivity contribution < 1.29 is 4.74 Å². The number of ether oxygens (including phenoxy) is 1. The van der Waals surface area contributed by atoms with Crippen molar-refractivity contribution in [1.29, 1.82) is 0 Å². The van der Waals surface area contributed by atoms with Crippen LogP contribution in [0.5, 0.6) is 0 Å². The summed E-state index contributed by atoms with van der Waals surface area (Å²) in [6.45, 7) is 10.5. The average Bonchev–Trinajstić information content (AvgIpc) is 2.53. The lowest BCUT2D eigenvalue weighted by Gasteiger charge is -2.33. The van der Waals surface area contributed by atoms with Crippen molar-refractivity contribution in [2.24, 2.45) is 0 Å². The Labute approximate surface area is 137 Å². The Kier molecular flexibility index (Phi) is 9.15. The molecule has 0 fully saturated rings. The van der Waals surface area contributed by atoms with Crippen LogP contribution in [0.1, 0.15) is 77.7 Å². The monoisotopic (exact) mass is 302 g/mol. The molecule has 0 saturated carbocycles. The van der Waals surface area contributed by atoms with Crippen LogP contribution >= 0.6 is 0 Å². The molecule has 124 valence electrons. The first-order valence-corrected chi connectivity index (χ1v) is 9.01. The molecule has 22 heavy (non-hydrogen) atoms. The third-order valence-electron chi connectivity index (χ3n) is 4.19. The predicted octanol–water partition coefficient (Wildman–Crippen LogP) is 6.63. The fraction of sp³-hybridized carbons (Fsp3) is 0.619. The van der Waals surface area contributed by atoms with E-state index in [1.54, 1.807) is 0 Å². The van der Waals surface area contributed by atoms with Gasteiger partial charge in [0.2, 0.25) is 0 Å². The van der Waals surface area contributed by atoms with Gasteiger partial charge in [0.05, 0.1) is 6.10 Å². The molecule has 1 rings (SSSR count). The average molecular weight is 303 g/mol. The predicted molar refractivity (Wildman–Crippen MR) is 97.1 cm³/mol. The summed E-state index contributed by atoms with van der Waals surface area (Å²) in [7, 11) is 0. The highest BCUT2D eigenvalue weighted by Gasteiger charge is 2.30. The highest BCUT2D eigenvalue weighted by molar-refractivity contribution is 5.27. The molecule has 0 aliphatic heterocycles. The maximum atomic E-state index is 6.30. The molecule has 0 radical (unpaired) electrons. The van der Waals surface area contributed by atoms with Gasteiger partial charge in [-0.2, -0.15) is 0 Å². The van der Waals surface area contributed by atoms with E-state index in [9.17, 15) is 0 Å². The molecule has 0 aliphatic rings. The normalized spacial score (nSPS) is 14.0. The van der Waals surface area contributed by atoms with Crippen molar-refractivity contribution in [3.63, 3.8) is 0 Å². The Hall–Kier alpha value is -1.08. The largest absolute Gasteiger partial charge is 0.364 e. The lowest BCUT2D eigenvalue weighted by Crippen LogP contribution is -2.30. The lowest BCUT2D eigenvalue weighted by molar-refractivity contribution is -0.0581. The zero-order valence-electron chi connectivity index (χ0n) is 14.8. The van der Waals surface area contributed by atoms with Crippen molar-refractivity contribution in [3.8, 4) is 0 Å². The molecule has 0 heterocycles. The summed E-state index contributed by atoms with van der Waals surface area (Å²) in [5, 5.41) is 0. The van der Waals surface area contributed by atoms with Gasteiger partial charge in [-0.05, 0) is 32.3 Å². The van der Waals surface area contributed by atoms with Crippen molar-refractivity contribution in [1.82, 2.24) is 0 Å². The smallest absolute Gasteiger partial charge is 0.111 e. The van der Waals surface area contributed by atoms with Gasteiger partial charge in [-0.3, -0.25) is 0 Å². The Morgan fingerprint density at radius 3 is 2.14 bits per heavy atom. The molecule has 0 aromatic heterocycles. The summed E-state index contributed by atoms with van der Waals surface area (Å²) in [5.41, 5.74) is 0.892. The zero-order valence-corrected chi connectivity index (χ0v) is 14.8. The molecular formula is C21H34O. The van der Waals surface area contributed by atoms with Gasteiger partial charge in [0, 0.05) is 0 Å². The van der Waals surface area contributed by atoms with E-state index in [-0.39, 0.29) is 11.7 Å². The summed E-state index contributed by atoms with van der Waals surface area (Å²) < 4.78 is 6.30. The van der Waals surface area contributed by atoms with Crippen molar-refractivity contribution in [2.45, 2.75) is 83.8 Å². The quantitative estimate of drug-likeness (QED) is 0.311. The van der Waals surface area contributed by atoms with Crippen molar-refractivity contribution in [2.75, 3.05) is 0 Å². The number of hydrogen-bond acceptors (Lipinski definition) is 1. The first-order valence-electron chi connectivity index (χ1n) is 9.01. The minimum atomic E-state index is -0.334. The van der Waals surface area contributed by atoms with Crippen LogP contribution in [0.25, 0.3) is 0 Å². The Morgan fingerprint density at radius 1 is 1.00 bits per heavy atom. The Morgan fingerprint density at radius 2 is 1.59 bits per heavy atom. The maximum Gasteiger partial charge on any atom is 0.111 e. The first-order chi connectivity index (χ1) is 10.6. The van der Waals surface area contributed by atoms with Gasteiger partial charge in [-0.25, -0.2) is 0 Å². The summed E-state index contributed by atoms with van der Waals surface area (Å²) in [6.07, 6.45) is 12.5. The molecule has 0 spiro atoms. The SMILES string of the molecule is C=CC(CCCCCCCCC)(OC(C)C)c1ccccc1. The zero-order chi connectivity index (χ0) is 16.3. The van der Waals surface area contributed by atoms with Gasteiger partial charge in [0.1, 0.15) is 5.60 Å². The molecule has 0 amide bonds. The van der Waals surface area contributed by atoms with Crippen LogP contribution < -0.4 is 0 Å². The van der Waals surface area contributed by atoms with Gasteiger partial charge in [0.15, 0.2) is 0 Å². The second-order valence-corrected chi connectivity index (χ2v) is 6.50. The fourth-order valence-corrected chi connectivity index (χ4v) is 3.02. The highest BCUT2D eigenvalue weighted by Crippen LogP contribution is 2.34. The number of benzene rings is 1. The van der Waals surface area contributed by atoms with E-state index >= 15 is 0 Å². The first kappa shape index (κ1) is 19.0. The molecule has 1 atom stereocenters. The van der Waals surface area contributed by atoms with E-state index in [0.717, 1.165) is 6.42 Å². The molecule has 1 unspecified atom stereocenters. The standard InChI is InChI=1S/C21H34O/c1-5-7-8-9-10-11-15-18-21(6-2,22-19(3)4)20-16-13-12-14-17-20/h6,12-14,16-17,19H,2,5,7-11,15,18H2,1,3-4H3. The molecule has 1 heteroatoms. The van der Waals surface area contributed by atoms with E-state index in [1.807, 2.05) is 6.08 Å². The maximum absolute atomic E-state index is 6.30. The van der Waals surface area contributed by atoms with Crippen LogP contribution in [0, 0.1) is 0 Å². The van der Waals surface area contributed by atoms with E-state index in [1.165, 1.54) is 50.5 Å². The summed E-state index contributed by atoms with van der Waals surface area (Å²) in [5.74, 6) is 0. The Balaban J connectivity index is 2.57. The van der Waals surface area contributed by atoms with Crippen molar-refractivity contribution in [3.05, 3.63) is 48.6 Å². The highest BCUT2D eigenvalue weighted by atomic mass is 16.5. The molecule has 1 aromatic rings. The lowest BCUT2D eigenvalue weighted by atomic mass is 9.87. The van der Waals surface area contributed by atoms with Gasteiger partial charge >= 0.3 is 0 Å². The number of rotatable bonds is 12. The second kappa shape index (κ2) is 10.6. The Bertz CT molecular complexity index is 396. The third kappa shape index (κ3) is 6.36. The summed E-state index contributed by atoms with van der Waals surface area (Å²) in [4.78, 5) is 0. The van der Waals surface area contributed by atoms with E-state index in [2.05, 4.69) is 57.7 Å². The van der Waals surface area contributed by atoms with E-state index in [0.29, 0.717) is 0 Å². The molecular weight excluding hydrogens is 268 g/mol. The van der Waals surface area contributed by atoms with E-state index < -0.39 is 0 Å². The topological polar surface area (TPSA) is 9.23 Å².